The van der Waals surface area contributed by atoms with Crippen molar-refractivity contribution >= 4 is 22.4 Å². The summed E-state index contributed by atoms with van der Waals surface area (Å²) >= 11 is 1.76. The van der Waals surface area contributed by atoms with Crippen LogP contribution in [0.1, 0.15) is 62.9 Å². The van der Waals surface area contributed by atoms with E-state index in [-0.39, 0.29) is 11.9 Å². The number of nitrogens with zero attached hydrogens (tertiary/aromatic N) is 2. The zero-order chi connectivity index (χ0) is 15.2. The predicted molar refractivity (Wildman–Crippen MR) is 87.2 cm³/mol. The van der Waals surface area contributed by atoms with Crippen LogP contribution < -0.4 is 4.90 Å². The Morgan fingerprint density at radius 2 is 2.24 bits per heavy atom. The second-order valence-corrected chi connectivity index (χ2v) is 6.50. The zero-order valence-electron chi connectivity index (χ0n) is 13.4. The van der Waals surface area contributed by atoms with E-state index < -0.39 is 0 Å². The molecule has 0 saturated carbocycles. The molecule has 0 spiro atoms. The van der Waals surface area contributed by atoms with Gasteiger partial charge in [-0.2, -0.15) is 0 Å². The Bertz CT molecular complexity index is 473. The van der Waals surface area contributed by atoms with Crippen LogP contribution >= 0.6 is 11.3 Å². The molecule has 0 saturated heterocycles. The summed E-state index contributed by atoms with van der Waals surface area (Å²) in [6.45, 7) is 8.69. The van der Waals surface area contributed by atoms with E-state index in [0.29, 0.717) is 6.61 Å². The number of ether oxygens (including phenoxy) is 1. The van der Waals surface area contributed by atoms with Gasteiger partial charge in [0.1, 0.15) is 5.92 Å². The van der Waals surface area contributed by atoms with E-state index >= 15 is 0 Å². The van der Waals surface area contributed by atoms with E-state index in [1.807, 2.05) is 6.92 Å². The fourth-order valence-electron chi connectivity index (χ4n) is 2.75. The number of fused-ring (bicyclic) bond motifs is 1. The molecular formula is C16H26N2O2S. The molecule has 1 heterocycles. The standard InChI is InChI=1S/C16H26N2O2S/c1-4-7-11-18(5-2)16-17-14-12(15(19)20-6-3)9-8-10-13(14)21-16/h12H,4-11H2,1-3H3. The van der Waals surface area contributed by atoms with Crippen molar-refractivity contribution < 1.29 is 9.53 Å². The molecule has 1 aromatic heterocycles. The molecule has 0 bridgehead atoms. The number of esters is 1. The number of rotatable bonds is 7. The fourth-order valence-corrected chi connectivity index (χ4v) is 4.00. The maximum absolute atomic E-state index is 12.1. The Labute approximate surface area is 131 Å². The van der Waals surface area contributed by atoms with Crippen LogP contribution in [-0.4, -0.2) is 30.6 Å². The number of anilines is 1. The first-order valence-corrected chi connectivity index (χ1v) is 8.94. The lowest BCUT2D eigenvalue weighted by Gasteiger charge is -2.20. The summed E-state index contributed by atoms with van der Waals surface area (Å²) in [5.74, 6) is -0.254. The Morgan fingerprint density at radius 3 is 2.90 bits per heavy atom. The molecule has 1 aliphatic carbocycles. The first kappa shape index (κ1) is 16.3. The van der Waals surface area contributed by atoms with Crippen LogP contribution in [0.4, 0.5) is 5.13 Å². The molecular weight excluding hydrogens is 284 g/mol. The van der Waals surface area contributed by atoms with Crippen molar-refractivity contribution in [2.75, 3.05) is 24.6 Å². The van der Waals surface area contributed by atoms with E-state index in [1.165, 1.54) is 17.7 Å². The van der Waals surface area contributed by atoms with Crippen molar-refractivity contribution in [3.05, 3.63) is 10.6 Å². The maximum atomic E-state index is 12.1. The molecule has 4 nitrogen and oxygen atoms in total. The van der Waals surface area contributed by atoms with E-state index in [1.54, 1.807) is 11.3 Å². The van der Waals surface area contributed by atoms with Gasteiger partial charge in [-0.1, -0.05) is 13.3 Å². The van der Waals surface area contributed by atoms with Crippen molar-refractivity contribution in [2.24, 2.45) is 0 Å². The van der Waals surface area contributed by atoms with Gasteiger partial charge in [-0.05, 0) is 39.5 Å². The molecule has 0 N–H and O–H groups in total. The van der Waals surface area contributed by atoms with Gasteiger partial charge in [-0.15, -0.1) is 11.3 Å². The van der Waals surface area contributed by atoms with Gasteiger partial charge in [-0.25, -0.2) is 4.98 Å². The van der Waals surface area contributed by atoms with Crippen LogP contribution in [0.5, 0.6) is 0 Å². The highest BCUT2D eigenvalue weighted by Gasteiger charge is 2.31. The molecule has 0 amide bonds. The summed E-state index contributed by atoms with van der Waals surface area (Å²) in [5, 5.41) is 1.08. The molecule has 118 valence electrons. The summed E-state index contributed by atoms with van der Waals surface area (Å²) in [7, 11) is 0. The number of unbranched alkanes of at least 4 members (excludes halogenated alkanes) is 1. The third-order valence-electron chi connectivity index (χ3n) is 3.95. The Balaban J connectivity index is 2.19. The van der Waals surface area contributed by atoms with Crippen LogP contribution in [0.2, 0.25) is 0 Å². The highest BCUT2D eigenvalue weighted by atomic mass is 32.1. The Hall–Kier alpha value is -1.10. The minimum atomic E-state index is -0.149. The number of aromatic nitrogens is 1. The topological polar surface area (TPSA) is 42.4 Å². The highest BCUT2D eigenvalue weighted by molar-refractivity contribution is 7.15. The Morgan fingerprint density at radius 1 is 1.43 bits per heavy atom. The van der Waals surface area contributed by atoms with E-state index in [9.17, 15) is 4.79 Å². The number of thiazole rings is 1. The molecule has 1 aromatic rings. The van der Waals surface area contributed by atoms with Crippen molar-refractivity contribution in [2.45, 2.75) is 58.8 Å². The van der Waals surface area contributed by atoms with Crippen LogP contribution in [0.15, 0.2) is 0 Å². The molecule has 1 atom stereocenters. The van der Waals surface area contributed by atoms with Gasteiger partial charge in [-0.3, -0.25) is 4.79 Å². The van der Waals surface area contributed by atoms with Gasteiger partial charge in [0.25, 0.3) is 0 Å². The number of carbonyl (C=O) groups excluding carboxylic acids is 1. The predicted octanol–water partition coefficient (Wildman–Crippen LogP) is 3.75. The van der Waals surface area contributed by atoms with Crippen molar-refractivity contribution in [1.29, 1.82) is 0 Å². The average Bonchev–Trinajstić information content (AvgIpc) is 2.91. The summed E-state index contributed by atoms with van der Waals surface area (Å²) in [5.41, 5.74) is 0.981. The fraction of sp³-hybridized carbons (Fsp3) is 0.750. The lowest BCUT2D eigenvalue weighted by atomic mass is 9.91. The largest absolute Gasteiger partial charge is 0.465 e. The molecule has 1 aliphatic rings. The van der Waals surface area contributed by atoms with Gasteiger partial charge in [0, 0.05) is 18.0 Å². The minimum absolute atomic E-state index is 0.105. The van der Waals surface area contributed by atoms with Crippen LogP contribution in [0, 0.1) is 0 Å². The third-order valence-corrected chi connectivity index (χ3v) is 5.14. The lowest BCUT2D eigenvalue weighted by molar-refractivity contribution is -0.145. The van der Waals surface area contributed by atoms with Gasteiger partial charge < -0.3 is 9.64 Å². The maximum Gasteiger partial charge on any atom is 0.315 e. The van der Waals surface area contributed by atoms with E-state index in [0.717, 1.165) is 43.2 Å². The highest BCUT2D eigenvalue weighted by Crippen LogP contribution is 2.38. The van der Waals surface area contributed by atoms with Gasteiger partial charge in [0.05, 0.1) is 12.3 Å². The summed E-state index contributed by atoms with van der Waals surface area (Å²) in [6.07, 6.45) is 5.34. The van der Waals surface area contributed by atoms with Crippen molar-refractivity contribution in [1.82, 2.24) is 4.98 Å². The van der Waals surface area contributed by atoms with E-state index in [4.69, 9.17) is 9.72 Å². The van der Waals surface area contributed by atoms with E-state index in [2.05, 4.69) is 18.7 Å². The summed E-state index contributed by atoms with van der Waals surface area (Å²) in [4.78, 5) is 20.5. The second-order valence-electron chi connectivity index (χ2n) is 5.43. The van der Waals surface area contributed by atoms with Crippen molar-refractivity contribution in [3.63, 3.8) is 0 Å². The first-order valence-electron chi connectivity index (χ1n) is 8.12. The first-order chi connectivity index (χ1) is 10.2. The summed E-state index contributed by atoms with van der Waals surface area (Å²) in [6, 6.07) is 0. The monoisotopic (exact) mass is 310 g/mol. The van der Waals surface area contributed by atoms with Gasteiger partial charge in [0.2, 0.25) is 0 Å². The van der Waals surface area contributed by atoms with Crippen molar-refractivity contribution in [3.8, 4) is 0 Å². The number of aryl methyl sites for hydroxylation is 1. The normalized spacial score (nSPS) is 17.4. The molecule has 0 aromatic carbocycles. The lowest BCUT2D eigenvalue weighted by Crippen LogP contribution is -2.24. The molecule has 0 fully saturated rings. The van der Waals surface area contributed by atoms with Crippen LogP contribution in [0.3, 0.4) is 0 Å². The summed E-state index contributed by atoms with van der Waals surface area (Å²) < 4.78 is 5.21. The Kier molecular flexibility index (Phi) is 6.03. The molecule has 5 heteroatoms. The second kappa shape index (κ2) is 7.78. The van der Waals surface area contributed by atoms with Gasteiger partial charge in [0.15, 0.2) is 5.13 Å². The minimum Gasteiger partial charge on any atom is -0.465 e. The molecule has 0 aliphatic heterocycles. The molecule has 1 unspecified atom stereocenters. The quantitative estimate of drug-likeness (QED) is 0.719. The third kappa shape index (κ3) is 3.76. The number of carbonyl (C=O) groups is 1. The number of hydrogen-bond acceptors (Lipinski definition) is 5. The van der Waals surface area contributed by atoms with Crippen LogP contribution in [0.25, 0.3) is 0 Å². The SMILES string of the molecule is CCCCN(CC)c1nc2c(s1)CCCC2C(=O)OCC. The molecule has 0 radical (unpaired) electrons. The molecule has 21 heavy (non-hydrogen) atoms. The van der Waals surface area contributed by atoms with Gasteiger partial charge >= 0.3 is 5.97 Å². The zero-order valence-corrected chi connectivity index (χ0v) is 14.2. The number of hydrogen-bond donors (Lipinski definition) is 0. The average molecular weight is 310 g/mol. The smallest absolute Gasteiger partial charge is 0.315 e. The van der Waals surface area contributed by atoms with Crippen LogP contribution in [-0.2, 0) is 16.0 Å². The molecule has 2 rings (SSSR count).